The lowest BCUT2D eigenvalue weighted by molar-refractivity contribution is 0.393. The summed E-state index contributed by atoms with van der Waals surface area (Å²) in [4.78, 5) is 7.22. The third-order valence-corrected chi connectivity index (χ3v) is 4.58. The summed E-state index contributed by atoms with van der Waals surface area (Å²) in [6, 6.07) is 10.6. The Labute approximate surface area is 141 Å². The van der Waals surface area contributed by atoms with Gasteiger partial charge in [0.15, 0.2) is 5.96 Å². The quantitative estimate of drug-likeness (QED) is 0.626. The van der Waals surface area contributed by atoms with Gasteiger partial charge in [-0.1, -0.05) is 44.2 Å². The molecule has 0 saturated carbocycles. The van der Waals surface area contributed by atoms with Crippen LogP contribution in [0.25, 0.3) is 0 Å². The van der Waals surface area contributed by atoms with Gasteiger partial charge in [0, 0.05) is 25.0 Å². The zero-order valence-electron chi connectivity index (χ0n) is 15.1. The minimum atomic E-state index is 0.0389. The molecule has 1 atom stereocenters. The van der Waals surface area contributed by atoms with Gasteiger partial charge in [-0.05, 0) is 38.4 Å². The number of aliphatic imine (C=N–C) groups is 1. The largest absolute Gasteiger partial charge is 0.357 e. The lowest BCUT2D eigenvalue weighted by Gasteiger charge is -2.24. The highest BCUT2D eigenvalue weighted by Gasteiger charge is 2.21. The maximum absolute atomic E-state index is 4.82. The Morgan fingerprint density at radius 2 is 2.00 bits per heavy atom. The second-order valence-corrected chi connectivity index (χ2v) is 7.24. The van der Waals surface area contributed by atoms with Crippen LogP contribution >= 0.6 is 0 Å². The summed E-state index contributed by atoms with van der Waals surface area (Å²) < 4.78 is 0. The predicted molar refractivity (Wildman–Crippen MR) is 99.1 cm³/mol. The van der Waals surface area contributed by atoms with Crippen LogP contribution in [-0.2, 0) is 5.41 Å². The average Bonchev–Trinajstić information content (AvgIpc) is 2.96. The van der Waals surface area contributed by atoms with Gasteiger partial charge in [0.1, 0.15) is 0 Å². The molecule has 4 heteroatoms. The Bertz CT molecular complexity index is 495. The predicted octanol–water partition coefficient (Wildman–Crippen LogP) is 2.47. The van der Waals surface area contributed by atoms with E-state index in [1.807, 2.05) is 0 Å². The van der Waals surface area contributed by atoms with Gasteiger partial charge in [-0.25, -0.2) is 0 Å². The van der Waals surface area contributed by atoms with Crippen LogP contribution in [0.15, 0.2) is 35.3 Å². The molecule has 0 amide bonds. The van der Waals surface area contributed by atoms with Gasteiger partial charge < -0.3 is 15.5 Å². The van der Waals surface area contributed by atoms with E-state index >= 15 is 0 Å². The van der Waals surface area contributed by atoms with E-state index in [2.05, 4.69) is 73.7 Å². The molecule has 1 aromatic carbocycles. The molecule has 0 aliphatic carbocycles. The first-order valence-corrected chi connectivity index (χ1v) is 8.77. The summed E-state index contributed by atoms with van der Waals surface area (Å²) in [6.07, 6.45) is 1.28. The summed E-state index contributed by atoms with van der Waals surface area (Å²) in [7, 11) is 2.20. The molecule has 4 nitrogen and oxygen atoms in total. The van der Waals surface area contributed by atoms with Gasteiger partial charge in [-0.3, -0.25) is 4.99 Å². The van der Waals surface area contributed by atoms with Gasteiger partial charge in [0.2, 0.25) is 0 Å². The van der Waals surface area contributed by atoms with Crippen molar-refractivity contribution >= 4 is 5.96 Å². The second-order valence-electron chi connectivity index (χ2n) is 7.24. The summed E-state index contributed by atoms with van der Waals surface area (Å²) in [6.45, 7) is 11.7. The van der Waals surface area contributed by atoms with E-state index in [4.69, 9.17) is 4.99 Å². The molecule has 0 aromatic heterocycles. The number of benzene rings is 1. The molecule has 1 aliphatic heterocycles. The van der Waals surface area contributed by atoms with E-state index in [9.17, 15) is 0 Å². The lowest BCUT2D eigenvalue weighted by atomic mass is 9.85. The van der Waals surface area contributed by atoms with E-state index in [0.717, 1.165) is 31.5 Å². The summed E-state index contributed by atoms with van der Waals surface area (Å²) in [5.41, 5.74) is 1.37. The van der Waals surface area contributed by atoms with Crippen LogP contribution in [0.3, 0.4) is 0 Å². The van der Waals surface area contributed by atoms with Gasteiger partial charge in [0.05, 0.1) is 6.54 Å². The fourth-order valence-electron chi connectivity index (χ4n) is 3.03. The Kier molecular flexibility index (Phi) is 6.46. The topological polar surface area (TPSA) is 39.7 Å². The molecular formula is C19H32N4. The van der Waals surface area contributed by atoms with Crippen molar-refractivity contribution in [1.82, 2.24) is 15.5 Å². The number of nitrogens with zero attached hydrogens (tertiary/aromatic N) is 2. The molecule has 0 spiro atoms. The first-order valence-electron chi connectivity index (χ1n) is 8.77. The van der Waals surface area contributed by atoms with Crippen molar-refractivity contribution in [3.05, 3.63) is 35.9 Å². The fourth-order valence-corrected chi connectivity index (χ4v) is 3.03. The van der Waals surface area contributed by atoms with Crippen LogP contribution in [0.4, 0.5) is 0 Å². The van der Waals surface area contributed by atoms with Gasteiger partial charge in [0.25, 0.3) is 0 Å². The molecule has 2 N–H and O–H groups in total. The minimum absolute atomic E-state index is 0.0389. The summed E-state index contributed by atoms with van der Waals surface area (Å²) in [5.74, 6) is 1.66. The molecule has 1 heterocycles. The lowest BCUT2D eigenvalue weighted by Crippen LogP contribution is -2.41. The molecular weight excluding hydrogens is 284 g/mol. The van der Waals surface area contributed by atoms with Crippen LogP contribution in [-0.4, -0.2) is 50.6 Å². The molecule has 1 unspecified atom stereocenters. The van der Waals surface area contributed by atoms with E-state index in [1.54, 1.807) is 0 Å². The van der Waals surface area contributed by atoms with Crippen molar-refractivity contribution in [1.29, 1.82) is 0 Å². The zero-order chi connectivity index (χ0) is 16.7. The zero-order valence-corrected chi connectivity index (χ0v) is 15.1. The monoisotopic (exact) mass is 316 g/mol. The third-order valence-electron chi connectivity index (χ3n) is 4.58. The van der Waals surface area contributed by atoms with Crippen molar-refractivity contribution in [2.24, 2.45) is 10.9 Å². The normalized spacial score (nSPS) is 19.8. The molecule has 0 radical (unpaired) electrons. The van der Waals surface area contributed by atoms with Crippen LogP contribution < -0.4 is 10.6 Å². The molecule has 128 valence electrons. The Morgan fingerprint density at radius 1 is 1.26 bits per heavy atom. The third kappa shape index (κ3) is 5.54. The van der Waals surface area contributed by atoms with Crippen LogP contribution in [0.2, 0.25) is 0 Å². The van der Waals surface area contributed by atoms with Crippen molar-refractivity contribution in [3.63, 3.8) is 0 Å². The van der Waals surface area contributed by atoms with Crippen LogP contribution in [0, 0.1) is 5.92 Å². The number of rotatable bonds is 6. The fraction of sp³-hybridized carbons (Fsp3) is 0.632. The van der Waals surface area contributed by atoms with E-state index in [0.29, 0.717) is 0 Å². The Balaban J connectivity index is 1.92. The number of hydrogen-bond acceptors (Lipinski definition) is 2. The van der Waals surface area contributed by atoms with Crippen LogP contribution in [0.1, 0.15) is 32.8 Å². The smallest absolute Gasteiger partial charge is 0.191 e. The number of nitrogens with one attached hydrogen (secondary N) is 2. The number of hydrogen-bond donors (Lipinski definition) is 2. The van der Waals surface area contributed by atoms with Crippen molar-refractivity contribution in [3.8, 4) is 0 Å². The minimum Gasteiger partial charge on any atom is -0.357 e. The number of likely N-dealkylation sites (tertiary alicyclic amines) is 1. The average molecular weight is 316 g/mol. The molecule has 1 saturated heterocycles. The first-order chi connectivity index (χ1) is 11.0. The standard InChI is InChI=1S/C19H32N4/c1-5-20-18(21-13-16-11-12-23(4)14-16)22-15-19(2,3)17-9-7-6-8-10-17/h6-10,16H,5,11-15H2,1-4H3,(H2,20,21,22). The van der Waals surface area contributed by atoms with E-state index in [1.165, 1.54) is 25.1 Å². The molecule has 0 bridgehead atoms. The maximum Gasteiger partial charge on any atom is 0.191 e. The molecule has 1 aliphatic rings. The molecule has 23 heavy (non-hydrogen) atoms. The molecule has 1 aromatic rings. The van der Waals surface area contributed by atoms with Crippen molar-refractivity contribution in [2.45, 2.75) is 32.6 Å². The Morgan fingerprint density at radius 3 is 2.61 bits per heavy atom. The van der Waals surface area contributed by atoms with E-state index in [-0.39, 0.29) is 5.41 Å². The van der Waals surface area contributed by atoms with Gasteiger partial charge in [-0.2, -0.15) is 0 Å². The maximum atomic E-state index is 4.82. The molecule has 2 rings (SSSR count). The summed E-state index contributed by atoms with van der Waals surface area (Å²) in [5, 5.41) is 6.89. The Hall–Kier alpha value is -1.55. The molecule has 1 fully saturated rings. The highest BCUT2D eigenvalue weighted by molar-refractivity contribution is 5.79. The van der Waals surface area contributed by atoms with Crippen molar-refractivity contribution < 1.29 is 0 Å². The van der Waals surface area contributed by atoms with E-state index < -0.39 is 0 Å². The highest BCUT2D eigenvalue weighted by atomic mass is 15.2. The second kappa shape index (κ2) is 8.34. The highest BCUT2D eigenvalue weighted by Crippen LogP contribution is 2.23. The van der Waals surface area contributed by atoms with Gasteiger partial charge in [-0.15, -0.1) is 0 Å². The van der Waals surface area contributed by atoms with Gasteiger partial charge >= 0.3 is 0 Å². The van der Waals surface area contributed by atoms with Crippen LogP contribution in [0.5, 0.6) is 0 Å². The number of guanidine groups is 1. The first kappa shape index (κ1) is 17.8. The van der Waals surface area contributed by atoms with Crippen molar-refractivity contribution in [2.75, 3.05) is 39.8 Å². The summed E-state index contributed by atoms with van der Waals surface area (Å²) >= 11 is 0. The SMILES string of the molecule is CCNC(=NCC(C)(C)c1ccccc1)NCC1CCN(C)C1.